The van der Waals surface area contributed by atoms with Gasteiger partial charge < -0.3 is 0 Å². The Labute approximate surface area is 225 Å². The van der Waals surface area contributed by atoms with Gasteiger partial charge in [0.05, 0.1) is 0 Å². The van der Waals surface area contributed by atoms with Crippen LogP contribution in [-0.2, 0) is 0 Å². The van der Waals surface area contributed by atoms with Gasteiger partial charge in [-0.15, -0.1) is 0 Å². The predicted octanol–water partition coefficient (Wildman–Crippen LogP) is 9.58. The van der Waals surface area contributed by atoms with Gasteiger partial charge in [-0.2, -0.15) is 0 Å². The van der Waals surface area contributed by atoms with Gasteiger partial charge in [-0.05, 0) is 0 Å². The van der Waals surface area contributed by atoms with Crippen LogP contribution in [-0.4, -0.2) is 6.92 Å². The molecule has 0 heterocycles. The fourth-order valence-corrected chi connectivity index (χ4v) is 5.83. The zero-order chi connectivity index (χ0) is 25.9. The minimum atomic E-state index is 1.05. The third-order valence-corrected chi connectivity index (χ3v) is 7.53. The Balaban J connectivity index is 1.70. The molecule has 6 aromatic carbocycles. The zero-order valence-electron chi connectivity index (χ0n) is 22.1. The molecule has 0 N–H and O–H groups in total. The molecule has 0 aliphatic rings. The van der Waals surface area contributed by atoms with Crippen molar-refractivity contribution in [3.8, 4) is 33.4 Å². The van der Waals surface area contributed by atoms with E-state index in [0.717, 1.165) is 12.8 Å². The molecule has 0 nitrogen and oxygen atoms in total. The van der Waals surface area contributed by atoms with Gasteiger partial charge in [0.1, 0.15) is 0 Å². The van der Waals surface area contributed by atoms with Crippen LogP contribution in [0.2, 0.25) is 6.82 Å². The molecule has 0 aliphatic carbocycles. The van der Waals surface area contributed by atoms with Crippen molar-refractivity contribution in [1.82, 2.24) is 0 Å². The van der Waals surface area contributed by atoms with Crippen molar-refractivity contribution in [2.24, 2.45) is 0 Å². The van der Waals surface area contributed by atoms with Crippen LogP contribution in [0.1, 0.15) is 19.8 Å². The fourth-order valence-electron chi connectivity index (χ4n) is 5.83. The van der Waals surface area contributed by atoms with Crippen molar-refractivity contribution >= 4 is 34.5 Å². The molecule has 0 amide bonds. The van der Waals surface area contributed by atoms with Crippen LogP contribution in [0, 0.1) is 5.11 Å². The maximum absolute atomic E-state index is 2.45. The van der Waals surface area contributed by atoms with Gasteiger partial charge in [-0.1, -0.05) is 0 Å². The summed E-state index contributed by atoms with van der Waals surface area (Å²) in [6.07, 6.45) is 4.62. The third-order valence-electron chi connectivity index (χ3n) is 7.53. The first-order valence-electron chi connectivity index (χ1n) is 13.7. The summed E-state index contributed by atoms with van der Waals surface area (Å²) in [5, 5.41) is 7.80. The number of unbranched alkanes of at least 4 members (excludes halogenated alkanes) is 1. The van der Waals surface area contributed by atoms with Crippen molar-refractivity contribution in [3.05, 3.63) is 132 Å². The standard InChI is InChI=1S/C37H31B/c1-3-4-20-34-35(27-15-6-5-7-16-27)32-22-10-11-23-33(32)36(37(34)38-2)29-19-12-18-28(25-29)31-24-13-17-26-14-8-9-21-30(26)31/h5-25H,3-4H2,1-2H3/b34-20-. The molecule has 0 atom stereocenters. The second kappa shape index (κ2) is 10.6. The Kier molecular flexibility index (Phi) is 6.76. The van der Waals surface area contributed by atoms with Gasteiger partial charge in [-0.25, -0.2) is 0 Å². The van der Waals surface area contributed by atoms with Crippen LogP contribution in [0.5, 0.6) is 0 Å². The molecule has 6 aromatic rings. The van der Waals surface area contributed by atoms with Crippen molar-refractivity contribution in [2.45, 2.75) is 26.6 Å². The molecule has 38 heavy (non-hydrogen) atoms. The van der Waals surface area contributed by atoms with E-state index < -0.39 is 0 Å². The molecular formula is C37H31B. The summed E-state index contributed by atoms with van der Waals surface area (Å²) in [7, 11) is 0. The first-order valence-corrected chi connectivity index (χ1v) is 13.7. The van der Waals surface area contributed by atoms with Gasteiger partial charge in [0.25, 0.3) is 0 Å². The predicted molar refractivity (Wildman–Crippen MR) is 167 cm³/mol. The van der Waals surface area contributed by atoms with Crippen LogP contribution in [0.25, 0.3) is 61.0 Å². The van der Waals surface area contributed by atoms with Crippen LogP contribution >= 0.6 is 0 Å². The SMILES string of the molecule is CB=c1c(-c2cccc(-c3cccc4ccccc34)c2)c2ccccc2c(-c2ccccc2)/c1=C/CCC. The Morgan fingerprint density at radius 3 is 1.95 bits per heavy atom. The summed E-state index contributed by atoms with van der Waals surface area (Å²) in [5.41, 5.74) is 7.69. The molecule has 6 rings (SSSR count). The van der Waals surface area contributed by atoms with Gasteiger partial charge >= 0.3 is 226 Å². The molecular weight excluding hydrogens is 455 g/mol. The molecule has 0 fully saturated rings. The van der Waals surface area contributed by atoms with E-state index in [9.17, 15) is 0 Å². The van der Waals surface area contributed by atoms with Gasteiger partial charge in [-0.3, -0.25) is 0 Å². The molecule has 0 saturated carbocycles. The zero-order valence-corrected chi connectivity index (χ0v) is 22.1. The molecule has 0 aromatic heterocycles. The first-order chi connectivity index (χ1) is 18.8. The van der Waals surface area contributed by atoms with Gasteiger partial charge in [0.2, 0.25) is 0 Å². The maximum atomic E-state index is 2.45. The number of fused-ring (bicyclic) bond motifs is 2. The van der Waals surface area contributed by atoms with Crippen LogP contribution < -0.4 is 5.22 Å². The molecule has 1 heteroatoms. The van der Waals surface area contributed by atoms with Crippen LogP contribution in [0.4, 0.5) is 0 Å². The third kappa shape index (κ3) is 4.29. The monoisotopic (exact) mass is 486 g/mol. The Hall–Kier alpha value is -4.23. The van der Waals surface area contributed by atoms with Crippen molar-refractivity contribution in [2.75, 3.05) is 0 Å². The summed E-state index contributed by atoms with van der Waals surface area (Å²) in [4.78, 5) is 0. The summed E-state index contributed by atoms with van der Waals surface area (Å²) in [6, 6.07) is 44.2. The van der Waals surface area contributed by atoms with Crippen molar-refractivity contribution in [1.29, 1.82) is 0 Å². The molecule has 0 spiro atoms. The van der Waals surface area contributed by atoms with E-state index >= 15 is 0 Å². The van der Waals surface area contributed by atoms with E-state index in [1.165, 1.54) is 65.3 Å². The number of benzene rings is 6. The minimum absolute atomic E-state index is 1.05. The normalized spacial score (nSPS) is 12.3. The molecule has 0 saturated heterocycles. The summed E-state index contributed by atoms with van der Waals surface area (Å²) in [6.45, 7) is 6.74. The first kappa shape index (κ1) is 24.1. The van der Waals surface area contributed by atoms with Crippen LogP contribution in [0.15, 0.2) is 121 Å². The fraction of sp³-hybridized carbons (Fsp3) is 0.108. The van der Waals surface area contributed by atoms with E-state index in [4.69, 9.17) is 0 Å². The van der Waals surface area contributed by atoms with E-state index in [-0.39, 0.29) is 0 Å². The molecule has 0 radical (unpaired) electrons. The average Bonchev–Trinajstić information content (AvgIpc) is 2.99. The van der Waals surface area contributed by atoms with E-state index in [2.05, 4.69) is 148 Å². The number of rotatable bonds is 5. The van der Waals surface area contributed by atoms with Gasteiger partial charge in [0.15, 0.2) is 0 Å². The quantitative estimate of drug-likeness (QED) is 0.213. The Morgan fingerprint density at radius 2 is 1.18 bits per heavy atom. The topological polar surface area (TPSA) is 0 Å². The Bertz CT molecular complexity index is 1880. The van der Waals surface area contributed by atoms with Crippen LogP contribution in [0.3, 0.4) is 0 Å². The number of hydrogen-bond donors (Lipinski definition) is 0. The summed E-state index contributed by atoms with van der Waals surface area (Å²) >= 11 is 0. The molecule has 0 unspecified atom stereocenters. The second-order valence-electron chi connectivity index (χ2n) is 9.88. The molecule has 0 bridgehead atoms. The average molecular weight is 486 g/mol. The number of hydrogen-bond acceptors (Lipinski definition) is 0. The van der Waals surface area contributed by atoms with Crippen molar-refractivity contribution < 1.29 is 0 Å². The second-order valence-corrected chi connectivity index (χ2v) is 9.88. The van der Waals surface area contributed by atoms with Crippen molar-refractivity contribution in [3.63, 3.8) is 0 Å². The van der Waals surface area contributed by atoms with E-state index in [0.29, 0.717) is 0 Å². The molecule has 182 valence electrons. The Morgan fingerprint density at radius 1 is 0.579 bits per heavy atom. The van der Waals surface area contributed by atoms with E-state index in [1.807, 2.05) is 0 Å². The summed E-state index contributed by atoms with van der Waals surface area (Å²) < 4.78 is 0. The summed E-state index contributed by atoms with van der Waals surface area (Å²) in [5.74, 6) is 0. The van der Waals surface area contributed by atoms with E-state index in [1.54, 1.807) is 0 Å². The molecule has 0 aliphatic heterocycles. The van der Waals surface area contributed by atoms with Gasteiger partial charge in [0, 0.05) is 0 Å².